The Bertz CT molecular complexity index is 614. The molecule has 0 bridgehead atoms. The van der Waals surface area contributed by atoms with Gasteiger partial charge in [0.1, 0.15) is 16.9 Å². The highest BCUT2D eigenvalue weighted by atomic mass is 35.5. The van der Waals surface area contributed by atoms with Crippen molar-refractivity contribution >= 4 is 22.9 Å². The number of ether oxygens (including phenoxy) is 1. The summed E-state index contributed by atoms with van der Waals surface area (Å²) < 4.78 is 5.92. The number of benzene rings is 1. The Balaban J connectivity index is 1.56. The second-order valence-corrected chi connectivity index (χ2v) is 6.48. The van der Waals surface area contributed by atoms with E-state index < -0.39 is 0 Å². The van der Waals surface area contributed by atoms with Crippen LogP contribution in [0.4, 0.5) is 0 Å². The molecule has 0 radical (unpaired) electrons. The molecular formula is C15H17ClN2OS. The maximum absolute atomic E-state index is 6.00. The van der Waals surface area contributed by atoms with Crippen LogP contribution in [0.25, 0.3) is 0 Å². The molecule has 5 heteroatoms. The second kappa shape index (κ2) is 5.72. The van der Waals surface area contributed by atoms with Crippen molar-refractivity contribution in [1.29, 1.82) is 0 Å². The number of aryl methyl sites for hydroxylation is 1. The van der Waals surface area contributed by atoms with Gasteiger partial charge in [-0.25, -0.2) is 4.98 Å². The molecule has 0 aliphatic carbocycles. The van der Waals surface area contributed by atoms with E-state index in [1.165, 1.54) is 5.56 Å². The van der Waals surface area contributed by atoms with Crippen LogP contribution in [0.1, 0.15) is 29.2 Å². The number of hydrogen-bond donors (Lipinski definition) is 1. The lowest BCUT2D eigenvalue weighted by Crippen LogP contribution is -2.31. The molecular weight excluding hydrogens is 292 g/mol. The molecule has 1 aliphatic heterocycles. The predicted molar refractivity (Wildman–Crippen MR) is 82.8 cm³/mol. The Kier molecular flexibility index (Phi) is 3.96. The summed E-state index contributed by atoms with van der Waals surface area (Å²) >= 11 is 7.70. The number of thiazole rings is 1. The number of nitrogens with zero attached hydrogens (tertiary/aromatic N) is 1. The van der Waals surface area contributed by atoms with Gasteiger partial charge in [0.2, 0.25) is 0 Å². The van der Waals surface area contributed by atoms with Gasteiger partial charge in [0.05, 0.1) is 6.04 Å². The molecule has 2 aromatic rings. The van der Waals surface area contributed by atoms with Gasteiger partial charge in [-0.15, -0.1) is 11.3 Å². The first-order valence-electron chi connectivity index (χ1n) is 6.72. The standard InChI is InChI=1S/C15H17ClN2OS/c1-9-8-20-15(18-9)10(2)17-7-13-6-11-5-12(16)3-4-14(11)19-13/h3-5,8,10,13,17H,6-7H2,1-2H3. The van der Waals surface area contributed by atoms with Crippen LogP contribution in [-0.2, 0) is 6.42 Å². The quantitative estimate of drug-likeness (QED) is 0.934. The Hall–Kier alpha value is -1.10. The minimum atomic E-state index is 0.173. The van der Waals surface area contributed by atoms with Crippen molar-refractivity contribution in [3.05, 3.63) is 44.9 Å². The van der Waals surface area contributed by atoms with Crippen molar-refractivity contribution in [1.82, 2.24) is 10.3 Å². The summed E-state index contributed by atoms with van der Waals surface area (Å²) in [6.45, 7) is 4.97. The Morgan fingerprint density at radius 3 is 3.15 bits per heavy atom. The highest BCUT2D eigenvalue weighted by Crippen LogP contribution is 2.31. The lowest BCUT2D eigenvalue weighted by Gasteiger charge is -2.15. The monoisotopic (exact) mass is 308 g/mol. The van der Waals surface area contributed by atoms with Crippen LogP contribution in [0.2, 0.25) is 5.02 Å². The van der Waals surface area contributed by atoms with Crippen molar-refractivity contribution in [2.45, 2.75) is 32.4 Å². The second-order valence-electron chi connectivity index (χ2n) is 5.15. The van der Waals surface area contributed by atoms with Crippen LogP contribution in [0.3, 0.4) is 0 Å². The summed E-state index contributed by atoms with van der Waals surface area (Å²) in [6, 6.07) is 6.07. The third-order valence-corrected chi connectivity index (χ3v) is 4.80. The molecule has 2 heterocycles. The maximum atomic E-state index is 6.00. The summed E-state index contributed by atoms with van der Waals surface area (Å²) in [5.41, 5.74) is 2.28. The van der Waals surface area contributed by atoms with Gasteiger partial charge in [0.15, 0.2) is 0 Å². The largest absolute Gasteiger partial charge is 0.488 e. The minimum Gasteiger partial charge on any atom is -0.488 e. The number of hydrogen-bond acceptors (Lipinski definition) is 4. The first kappa shape index (κ1) is 13.9. The number of fused-ring (bicyclic) bond motifs is 1. The van der Waals surface area contributed by atoms with E-state index >= 15 is 0 Å². The van der Waals surface area contributed by atoms with E-state index in [1.807, 2.05) is 25.1 Å². The van der Waals surface area contributed by atoms with Gasteiger partial charge < -0.3 is 10.1 Å². The van der Waals surface area contributed by atoms with Gasteiger partial charge in [-0.05, 0) is 37.6 Å². The molecule has 1 N–H and O–H groups in total. The molecule has 1 aliphatic rings. The number of nitrogens with one attached hydrogen (secondary N) is 1. The fraction of sp³-hybridized carbons (Fsp3) is 0.400. The van der Waals surface area contributed by atoms with E-state index in [0.29, 0.717) is 0 Å². The summed E-state index contributed by atoms with van der Waals surface area (Å²) in [7, 11) is 0. The van der Waals surface area contributed by atoms with Crippen molar-refractivity contribution in [2.75, 3.05) is 6.54 Å². The Morgan fingerprint density at radius 2 is 2.40 bits per heavy atom. The summed E-state index contributed by atoms with van der Waals surface area (Å²) in [5, 5.41) is 7.47. The fourth-order valence-corrected chi connectivity index (χ4v) is 3.39. The van der Waals surface area contributed by atoms with Gasteiger partial charge in [-0.2, -0.15) is 0 Å². The van der Waals surface area contributed by atoms with Gasteiger partial charge in [0.25, 0.3) is 0 Å². The Labute approximate surface area is 127 Å². The number of halogens is 1. The van der Waals surface area contributed by atoms with E-state index in [9.17, 15) is 0 Å². The maximum Gasteiger partial charge on any atom is 0.123 e. The SMILES string of the molecule is Cc1csc(C(C)NCC2Cc3cc(Cl)ccc3O2)n1. The lowest BCUT2D eigenvalue weighted by atomic mass is 10.1. The van der Waals surface area contributed by atoms with E-state index in [0.717, 1.165) is 34.4 Å². The molecule has 0 saturated heterocycles. The third-order valence-electron chi connectivity index (χ3n) is 3.42. The highest BCUT2D eigenvalue weighted by Gasteiger charge is 2.23. The van der Waals surface area contributed by atoms with Gasteiger partial charge in [0, 0.05) is 29.1 Å². The summed E-state index contributed by atoms with van der Waals surface area (Å²) in [5.74, 6) is 0.957. The first-order chi connectivity index (χ1) is 9.61. The van der Waals surface area contributed by atoms with E-state index in [4.69, 9.17) is 16.3 Å². The summed E-state index contributed by atoms with van der Waals surface area (Å²) in [6.07, 6.45) is 1.08. The normalized spacial score (nSPS) is 18.6. The molecule has 0 spiro atoms. The van der Waals surface area contributed by atoms with E-state index in [2.05, 4.69) is 22.6 Å². The van der Waals surface area contributed by atoms with Gasteiger partial charge >= 0.3 is 0 Å². The molecule has 0 fully saturated rings. The minimum absolute atomic E-state index is 0.173. The van der Waals surface area contributed by atoms with Crippen LogP contribution < -0.4 is 10.1 Å². The van der Waals surface area contributed by atoms with E-state index in [-0.39, 0.29) is 12.1 Å². The average Bonchev–Trinajstić information content (AvgIpc) is 3.01. The zero-order chi connectivity index (χ0) is 14.1. The topological polar surface area (TPSA) is 34.1 Å². The molecule has 1 aromatic carbocycles. The fourth-order valence-electron chi connectivity index (χ4n) is 2.37. The molecule has 20 heavy (non-hydrogen) atoms. The molecule has 0 amide bonds. The zero-order valence-electron chi connectivity index (χ0n) is 11.5. The number of aromatic nitrogens is 1. The Morgan fingerprint density at radius 1 is 1.55 bits per heavy atom. The van der Waals surface area contributed by atoms with Crippen LogP contribution >= 0.6 is 22.9 Å². The van der Waals surface area contributed by atoms with Gasteiger partial charge in [-0.3, -0.25) is 0 Å². The molecule has 1 aromatic heterocycles. The third kappa shape index (κ3) is 2.97. The molecule has 2 unspecified atom stereocenters. The van der Waals surface area contributed by atoms with Crippen LogP contribution in [-0.4, -0.2) is 17.6 Å². The van der Waals surface area contributed by atoms with Crippen molar-refractivity contribution < 1.29 is 4.74 Å². The average molecular weight is 309 g/mol. The first-order valence-corrected chi connectivity index (χ1v) is 7.98. The summed E-state index contributed by atoms with van der Waals surface area (Å²) in [4.78, 5) is 4.50. The molecule has 106 valence electrons. The predicted octanol–water partition coefficient (Wildman–Crippen LogP) is 3.76. The highest BCUT2D eigenvalue weighted by molar-refractivity contribution is 7.09. The van der Waals surface area contributed by atoms with Gasteiger partial charge in [-0.1, -0.05) is 11.6 Å². The lowest BCUT2D eigenvalue weighted by molar-refractivity contribution is 0.222. The van der Waals surface area contributed by atoms with Crippen molar-refractivity contribution in [3.63, 3.8) is 0 Å². The van der Waals surface area contributed by atoms with Crippen molar-refractivity contribution in [3.8, 4) is 5.75 Å². The molecule has 3 rings (SSSR count). The zero-order valence-corrected chi connectivity index (χ0v) is 13.1. The molecule has 0 saturated carbocycles. The molecule has 2 atom stereocenters. The van der Waals surface area contributed by atoms with E-state index in [1.54, 1.807) is 11.3 Å². The smallest absolute Gasteiger partial charge is 0.123 e. The molecule has 3 nitrogen and oxygen atoms in total. The number of rotatable bonds is 4. The van der Waals surface area contributed by atoms with Crippen molar-refractivity contribution in [2.24, 2.45) is 0 Å². The van der Waals surface area contributed by atoms with Crippen LogP contribution in [0.5, 0.6) is 5.75 Å². The van der Waals surface area contributed by atoms with Crippen LogP contribution in [0, 0.1) is 6.92 Å². The van der Waals surface area contributed by atoms with Crippen LogP contribution in [0.15, 0.2) is 23.6 Å².